The highest BCUT2D eigenvalue weighted by atomic mass is 32.1. The number of ether oxygens (including phenoxy) is 1. The highest BCUT2D eigenvalue weighted by Crippen LogP contribution is 2.20. The Hall–Kier alpha value is -3.71. The standard InChI is InChI=1S/C26H26N4O2S/c1-17-11-18(2)23-13-20(25(31)29-24(23)12-17)16-30(15-19-5-4-10-27-14-19)26(33)28-21-6-8-22(32-3)9-7-21/h4-14H,15-16H2,1-3H3,(H,28,33)(H,29,31). The summed E-state index contributed by atoms with van der Waals surface area (Å²) in [5, 5.41) is 4.83. The SMILES string of the molecule is COc1ccc(NC(=S)N(Cc2cccnc2)Cc2cc3c(C)cc(C)cc3[nH]c2=O)cc1. The summed E-state index contributed by atoms with van der Waals surface area (Å²) in [6.45, 7) is 4.95. The molecule has 0 saturated carbocycles. The normalized spacial score (nSPS) is 10.8. The van der Waals surface area contributed by atoms with Gasteiger partial charge in [0.05, 0.1) is 13.7 Å². The van der Waals surface area contributed by atoms with E-state index in [1.807, 2.05) is 60.4 Å². The quantitative estimate of drug-likeness (QED) is 0.399. The smallest absolute Gasteiger partial charge is 0.253 e. The van der Waals surface area contributed by atoms with Crippen LogP contribution in [0.5, 0.6) is 5.75 Å². The third-order valence-electron chi connectivity index (χ3n) is 5.48. The van der Waals surface area contributed by atoms with Crippen LogP contribution in [0, 0.1) is 13.8 Å². The first kappa shape index (κ1) is 22.5. The Morgan fingerprint density at radius 2 is 1.91 bits per heavy atom. The van der Waals surface area contributed by atoms with Crippen molar-refractivity contribution in [3.8, 4) is 5.75 Å². The second-order valence-electron chi connectivity index (χ2n) is 8.04. The zero-order valence-corrected chi connectivity index (χ0v) is 19.7. The van der Waals surface area contributed by atoms with Gasteiger partial charge in [-0.25, -0.2) is 0 Å². The van der Waals surface area contributed by atoms with E-state index >= 15 is 0 Å². The molecule has 4 rings (SSSR count). The van der Waals surface area contributed by atoms with Gasteiger partial charge in [-0.05, 0) is 85.2 Å². The van der Waals surface area contributed by atoms with Crippen LogP contribution in [0.2, 0.25) is 0 Å². The molecule has 2 heterocycles. The van der Waals surface area contributed by atoms with E-state index < -0.39 is 0 Å². The Balaban J connectivity index is 1.65. The Kier molecular flexibility index (Phi) is 6.70. The van der Waals surface area contributed by atoms with E-state index in [9.17, 15) is 4.79 Å². The average molecular weight is 459 g/mol. The highest BCUT2D eigenvalue weighted by molar-refractivity contribution is 7.80. The van der Waals surface area contributed by atoms with Gasteiger partial charge < -0.3 is 19.9 Å². The highest BCUT2D eigenvalue weighted by Gasteiger charge is 2.15. The predicted octanol–water partition coefficient (Wildman–Crippen LogP) is 4.95. The zero-order chi connectivity index (χ0) is 23.4. The number of aromatic nitrogens is 2. The number of anilines is 1. The molecule has 0 amide bonds. The summed E-state index contributed by atoms with van der Waals surface area (Å²) < 4.78 is 5.23. The largest absolute Gasteiger partial charge is 0.497 e. The van der Waals surface area contributed by atoms with Crippen LogP contribution in [0.25, 0.3) is 10.9 Å². The first-order valence-electron chi connectivity index (χ1n) is 10.6. The van der Waals surface area contributed by atoms with E-state index in [2.05, 4.69) is 28.3 Å². The van der Waals surface area contributed by atoms with Crippen molar-refractivity contribution in [2.75, 3.05) is 12.4 Å². The number of hydrogen-bond donors (Lipinski definition) is 2. The molecule has 0 radical (unpaired) electrons. The number of rotatable bonds is 6. The summed E-state index contributed by atoms with van der Waals surface area (Å²) in [6, 6.07) is 17.5. The van der Waals surface area contributed by atoms with Gasteiger partial charge in [0.25, 0.3) is 5.56 Å². The van der Waals surface area contributed by atoms with E-state index in [1.165, 1.54) is 0 Å². The minimum absolute atomic E-state index is 0.115. The molecule has 7 heteroatoms. The minimum atomic E-state index is -0.115. The van der Waals surface area contributed by atoms with Crippen LogP contribution in [-0.4, -0.2) is 27.1 Å². The van der Waals surface area contributed by atoms with E-state index in [0.717, 1.165) is 39.0 Å². The molecule has 0 saturated heterocycles. The van der Waals surface area contributed by atoms with E-state index in [-0.39, 0.29) is 5.56 Å². The van der Waals surface area contributed by atoms with Crippen LogP contribution in [0.3, 0.4) is 0 Å². The molecule has 0 spiro atoms. The maximum absolute atomic E-state index is 12.9. The predicted molar refractivity (Wildman–Crippen MR) is 137 cm³/mol. The molecule has 0 aliphatic carbocycles. The molecule has 6 nitrogen and oxygen atoms in total. The molecule has 0 aliphatic rings. The molecule has 2 aromatic heterocycles. The number of aromatic amines is 1. The number of thiocarbonyl (C=S) groups is 1. The Bertz CT molecular complexity index is 1330. The average Bonchev–Trinajstić information content (AvgIpc) is 2.80. The lowest BCUT2D eigenvalue weighted by Crippen LogP contribution is -2.35. The maximum Gasteiger partial charge on any atom is 0.253 e. The van der Waals surface area contributed by atoms with Gasteiger partial charge in [-0.15, -0.1) is 0 Å². The second-order valence-corrected chi connectivity index (χ2v) is 8.43. The number of benzene rings is 2. The first-order chi connectivity index (χ1) is 15.9. The molecule has 2 N–H and O–H groups in total. The van der Waals surface area contributed by atoms with Crippen molar-refractivity contribution in [2.24, 2.45) is 0 Å². The second kappa shape index (κ2) is 9.83. The molecular formula is C26H26N4O2S. The zero-order valence-electron chi connectivity index (χ0n) is 18.9. The molecule has 0 aliphatic heterocycles. The number of nitrogens with zero attached hydrogens (tertiary/aromatic N) is 2. The van der Waals surface area contributed by atoms with Crippen molar-refractivity contribution >= 4 is 33.9 Å². The first-order valence-corrected chi connectivity index (χ1v) is 11.1. The lowest BCUT2D eigenvalue weighted by atomic mass is 10.0. The van der Waals surface area contributed by atoms with Crippen LogP contribution in [0.15, 0.2) is 71.8 Å². The maximum atomic E-state index is 12.9. The monoisotopic (exact) mass is 458 g/mol. The van der Waals surface area contributed by atoms with Crippen molar-refractivity contribution in [3.05, 3.63) is 99.6 Å². The summed E-state index contributed by atoms with van der Waals surface area (Å²) in [4.78, 5) is 22.1. The molecule has 0 atom stereocenters. The number of fused-ring (bicyclic) bond motifs is 1. The van der Waals surface area contributed by atoms with Crippen molar-refractivity contribution in [2.45, 2.75) is 26.9 Å². The minimum Gasteiger partial charge on any atom is -0.497 e. The molecule has 4 aromatic rings. The molecule has 33 heavy (non-hydrogen) atoms. The van der Waals surface area contributed by atoms with Crippen LogP contribution in [-0.2, 0) is 13.1 Å². The van der Waals surface area contributed by atoms with Gasteiger partial charge in [0, 0.05) is 41.1 Å². The fraction of sp³-hybridized carbons (Fsp3) is 0.192. The Morgan fingerprint density at radius 3 is 2.61 bits per heavy atom. The van der Waals surface area contributed by atoms with Crippen LogP contribution < -0.4 is 15.6 Å². The number of methoxy groups -OCH3 is 1. The fourth-order valence-corrected chi connectivity index (χ4v) is 4.07. The van der Waals surface area contributed by atoms with Gasteiger partial charge in [-0.3, -0.25) is 9.78 Å². The number of hydrogen-bond acceptors (Lipinski definition) is 4. The molecular weight excluding hydrogens is 432 g/mol. The van der Waals surface area contributed by atoms with Crippen LogP contribution >= 0.6 is 12.2 Å². The molecule has 168 valence electrons. The third-order valence-corrected chi connectivity index (χ3v) is 5.84. The topological polar surface area (TPSA) is 70.2 Å². The number of aryl methyl sites for hydroxylation is 2. The summed E-state index contributed by atoms with van der Waals surface area (Å²) in [6.07, 6.45) is 3.54. The number of nitrogens with one attached hydrogen (secondary N) is 2. The summed E-state index contributed by atoms with van der Waals surface area (Å²) in [7, 11) is 1.63. The van der Waals surface area contributed by atoms with Gasteiger partial charge in [-0.1, -0.05) is 12.1 Å². The third kappa shape index (κ3) is 5.38. The molecule has 0 unspecified atom stereocenters. The Morgan fingerprint density at radius 1 is 1.12 bits per heavy atom. The van der Waals surface area contributed by atoms with Crippen LogP contribution in [0.1, 0.15) is 22.3 Å². The Labute approximate surface area is 198 Å². The van der Waals surface area contributed by atoms with E-state index in [0.29, 0.717) is 23.8 Å². The number of pyridine rings is 2. The molecule has 0 fully saturated rings. The van der Waals surface area contributed by atoms with Gasteiger partial charge >= 0.3 is 0 Å². The van der Waals surface area contributed by atoms with Crippen molar-refractivity contribution in [1.82, 2.24) is 14.9 Å². The summed E-state index contributed by atoms with van der Waals surface area (Å²) in [5.41, 5.74) is 5.47. The van der Waals surface area contributed by atoms with Gasteiger partial charge in [0.15, 0.2) is 5.11 Å². The van der Waals surface area contributed by atoms with E-state index in [1.54, 1.807) is 19.5 Å². The van der Waals surface area contributed by atoms with Crippen molar-refractivity contribution in [1.29, 1.82) is 0 Å². The van der Waals surface area contributed by atoms with Crippen LogP contribution in [0.4, 0.5) is 5.69 Å². The lowest BCUT2D eigenvalue weighted by Gasteiger charge is -2.26. The van der Waals surface area contributed by atoms with Crippen molar-refractivity contribution in [3.63, 3.8) is 0 Å². The summed E-state index contributed by atoms with van der Waals surface area (Å²) >= 11 is 5.75. The molecule has 2 aromatic carbocycles. The van der Waals surface area contributed by atoms with Gasteiger partial charge in [0.1, 0.15) is 5.75 Å². The lowest BCUT2D eigenvalue weighted by molar-refractivity contribution is 0.410. The van der Waals surface area contributed by atoms with Crippen molar-refractivity contribution < 1.29 is 4.74 Å². The van der Waals surface area contributed by atoms with E-state index in [4.69, 9.17) is 17.0 Å². The number of H-pyrrole nitrogens is 1. The van der Waals surface area contributed by atoms with Gasteiger partial charge in [-0.2, -0.15) is 0 Å². The van der Waals surface area contributed by atoms with Gasteiger partial charge in [0.2, 0.25) is 0 Å². The fourth-order valence-electron chi connectivity index (χ4n) is 3.83. The summed E-state index contributed by atoms with van der Waals surface area (Å²) in [5.74, 6) is 0.770. The molecule has 0 bridgehead atoms.